The van der Waals surface area contributed by atoms with Gasteiger partial charge in [0.2, 0.25) is 0 Å². The largest absolute Gasteiger partial charge is 0.394 e. The number of aryl methyl sites for hydroxylation is 2. The van der Waals surface area contributed by atoms with Crippen LogP contribution < -0.4 is 11.1 Å². The van der Waals surface area contributed by atoms with E-state index in [9.17, 15) is 4.39 Å². The van der Waals surface area contributed by atoms with Crippen molar-refractivity contribution in [3.05, 3.63) is 39.7 Å². The van der Waals surface area contributed by atoms with E-state index in [1.165, 1.54) is 6.07 Å². The van der Waals surface area contributed by atoms with Gasteiger partial charge in [-0.2, -0.15) is 5.10 Å². The van der Waals surface area contributed by atoms with Gasteiger partial charge in [-0.05, 0) is 24.6 Å². The Balaban J connectivity index is 2.16. The molecule has 0 saturated heterocycles. The second-order valence-corrected chi connectivity index (χ2v) is 5.59. The van der Waals surface area contributed by atoms with Crippen LogP contribution in [-0.2, 0) is 20.0 Å². The third-order valence-corrected chi connectivity index (χ3v) is 3.59. The number of benzene rings is 1. The number of anilines is 2. The Hall–Kier alpha value is -1.56. The fourth-order valence-electron chi connectivity index (χ4n) is 2.08. The molecule has 0 amide bonds. The average molecular weight is 341 g/mol. The van der Waals surface area contributed by atoms with Crippen LogP contribution in [0.5, 0.6) is 0 Å². The van der Waals surface area contributed by atoms with Gasteiger partial charge < -0.3 is 11.1 Å². The summed E-state index contributed by atoms with van der Waals surface area (Å²) in [6.45, 7) is 2.44. The number of rotatable bonds is 5. The average Bonchev–Trinajstić information content (AvgIpc) is 2.67. The van der Waals surface area contributed by atoms with Crippen LogP contribution in [0.1, 0.15) is 24.6 Å². The van der Waals surface area contributed by atoms with Crippen LogP contribution in [0.15, 0.2) is 22.7 Å². The van der Waals surface area contributed by atoms with Crippen molar-refractivity contribution >= 4 is 27.4 Å². The first-order valence-electron chi connectivity index (χ1n) is 6.52. The van der Waals surface area contributed by atoms with Gasteiger partial charge in [0.05, 0.1) is 11.4 Å². The number of aromatic nitrogens is 2. The second kappa shape index (κ2) is 6.26. The molecule has 3 N–H and O–H groups in total. The molecular weight excluding hydrogens is 323 g/mol. The molecule has 4 nitrogen and oxygen atoms in total. The molecule has 0 fully saturated rings. The summed E-state index contributed by atoms with van der Waals surface area (Å²) in [6.07, 6.45) is 1.83. The van der Waals surface area contributed by atoms with Crippen LogP contribution >= 0.6 is 15.9 Å². The smallest absolute Gasteiger partial charge is 0.148 e. The molecular formula is C14H18BrFN4. The highest BCUT2D eigenvalue weighted by atomic mass is 79.9. The molecule has 0 saturated carbocycles. The van der Waals surface area contributed by atoms with E-state index in [1.54, 1.807) is 16.8 Å². The van der Waals surface area contributed by atoms with Crippen LogP contribution in [0.3, 0.4) is 0 Å². The van der Waals surface area contributed by atoms with Crippen molar-refractivity contribution in [1.82, 2.24) is 9.78 Å². The van der Waals surface area contributed by atoms with Gasteiger partial charge >= 0.3 is 0 Å². The summed E-state index contributed by atoms with van der Waals surface area (Å²) in [5.41, 5.74) is 8.18. The minimum Gasteiger partial charge on any atom is -0.394 e. The Morgan fingerprint density at radius 2 is 2.20 bits per heavy atom. The summed E-state index contributed by atoms with van der Waals surface area (Å²) >= 11 is 3.34. The molecule has 1 heterocycles. The Bertz CT molecular complexity index is 609. The fraction of sp³-hybridized carbons (Fsp3) is 0.357. The Morgan fingerprint density at radius 3 is 2.90 bits per heavy atom. The molecule has 6 heteroatoms. The lowest BCUT2D eigenvalue weighted by atomic mass is 10.2. The van der Waals surface area contributed by atoms with Crippen molar-refractivity contribution in [3.8, 4) is 0 Å². The minimum absolute atomic E-state index is 0.241. The zero-order valence-electron chi connectivity index (χ0n) is 11.6. The zero-order chi connectivity index (χ0) is 14.7. The summed E-state index contributed by atoms with van der Waals surface area (Å²) in [5, 5.41) is 7.54. The van der Waals surface area contributed by atoms with Crippen molar-refractivity contribution in [3.63, 3.8) is 0 Å². The maximum absolute atomic E-state index is 13.7. The van der Waals surface area contributed by atoms with Gasteiger partial charge in [0.15, 0.2) is 0 Å². The van der Waals surface area contributed by atoms with Gasteiger partial charge in [-0.1, -0.05) is 29.3 Å². The van der Waals surface area contributed by atoms with Crippen molar-refractivity contribution < 1.29 is 4.39 Å². The number of nitrogens with zero attached hydrogens (tertiary/aromatic N) is 2. The van der Waals surface area contributed by atoms with Gasteiger partial charge in [-0.25, -0.2) is 4.39 Å². The zero-order valence-corrected chi connectivity index (χ0v) is 13.2. The summed E-state index contributed by atoms with van der Waals surface area (Å²) in [4.78, 5) is 0. The van der Waals surface area contributed by atoms with E-state index in [0.29, 0.717) is 17.8 Å². The van der Waals surface area contributed by atoms with Crippen LogP contribution in [0.4, 0.5) is 15.9 Å². The second-order valence-electron chi connectivity index (χ2n) is 4.67. The lowest BCUT2D eigenvalue weighted by Crippen LogP contribution is -2.07. The molecule has 0 aliphatic carbocycles. The third kappa shape index (κ3) is 3.12. The SMILES string of the molecule is CCCc1nn(C)c(NCc2cc(Br)ccc2F)c1N. The standard InChI is InChI=1S/C14H18BrFN4/c1-3-4-12-13(17)14(20(2)19-12)18-8-9-7-10(15)5-6-11(9)16/h5-7,18H,3-4,8,17H2,1-2H3. The molecule has 1 aromatic heterocycles. The number of nitrogens with two attached hydrogens (primary N) is 1. The van der Waals surface area contributed by atoms with E-state index < -0.39 is 0 Å². The topological polar surface area (TPSA) is 55.9 Å². The molecule has 0 atom stereocenters. The van der Waals surface area contributed by atoms with Crippen molar-refractivity contribution in [2.24, 2.45) is 7.05 Å². The summed E-state index contributed by atoms with van der Waals surface area (Å²) in [5.74, 6) is 0.489. The maximum atomic E-state index is 13.7. The molecule has 0 spiro atoms. The Morgan fingerprint density at radius 1 is 1.45 bits per heavy atom. The third-order valence-electron chi connectivity index (χ3n) is 3.10. The van der Waals surface area contributed by atoms with Crippen LogP contribution in [0, 0.1) is 5.82 Å². The van der Waals surface area contributed by atoms with Crippen molar-refractivity contribution in [2.75, 3.05) is 11.1 Å². The summed E-state index contributed by atoms with van der Waals surface area (Å²) in [6, 6.07) is 4.87. The predicted molar refractivity (Wildman–Crippen MR) is 83.0 cm³/mol. The first kappa shape index (κ1) is 14.8. The van der Waals surface area contributed by atoms with Gasteiger partial charge in [0.25, 0.3) is 0 Å². The number of halogens is 2. The molecule has 1 aromatic carbocycles. The molecule has 2 rings (SSSR count). The number of nitrogen functional groups attached to an aromatic ring is 1. The predicted octanol–water partition coefficient (Wildman–Crippen LogP) is 3.47. The van der Waals surface area contributed by atoms with Crippen LogP contribution in [0.25, 0.3) is 0 Å². The first-order chi connectivity index (χ1) is 9.52. The summed E-state index contributed by atoms with van der Waals surface area (Å²) in [7, 11) is 1.83. The molecule has 20 heavy (non-hydrogen) atoms. The van der Waals surface area contributed by atoms with Gasteiger partial charge in [-0.15, -0.1) is 0 Å². The highest BCUT2D eigenvalue weighted by molar-refractivity contribution is 9.10. The van der Waals surface area contributed by atoms with Gasteiger partial charge in [-0.3, -0.25) is 4.68 Å². The number of hydrogen-bond acceptors (Lipinski definition) is 3. The highest BCUT2D eigenvalue weighted by Crippen LogP contribution is 2.24. The molecule has 108 valence electrons. The minimum atomic E-state index is -0.241. The number of nitrogens with one attached hydrogen (secondary N) is 1. The monoisotopic (exact) mass is 340 g/mol. The molecule has 0 bridgehead atoms. The lowest BCUT2D eigenvalue weighted by Gasteiger charge is -2.09. The van der Waals surface area contributed by atoms with Crippen LogP contribution in [0.2, 0.25) is 0 Å². The van der Waals surface area contributed by atoms with Crippen LogP contribution in [-0.4, -0.2) is 9.78 Å². The van der Waals surface area contributed by atoms with Gasteiger partial charge in [0, 0.05) is 23.6 Å². The lowest BCUT2D eigenvalue weighted by molar-refractivity contribution is 0.612. The van der Waals surface area contributed by atoms with E-state index in [2.05, 4.69) is 33.3 Å². The molecule has 0 unspecified atom stereocenters. The van der Waals surface area contributed by atoms with E-state index in [1.807, 2.05) is 7.05 Å². The normalized spacial score (nSPS) is 10.8. The summed E-state index contributed by atoms with van der Waals surface area (Å²) < 4.78 is 16.2. The van der Waals surface area contributed by atoms with Gasteiger partial charge in [0.1, 0.15) is 11.6 Å². The van der Waals surface area contributed by atoms with Crippen molar-refractivity contribution in [2.45, 2.75) is 26.3 Å². The molecule has 2 aromatic rings. The Kier molecular flexibility index (Phi) is 4.65. The molecule has 0 aliphatic heterocycles. The van der Waals surface area contributed by atoms with E-state index in [-0.39, 0.29) is 5.82 Å². The highest BCUT2D eigenvalue weighted by Gasteiger charge is 2.13. The fourth-order valence-corrected chi connectivity index (χ4v) is 2.49. The molecule has 0 aliphatic rings. The van der Waals surface area contributed by atoms with E-state index >= 15 is 0 Å². The van der Waals surface area contributed by atoms with Crippen molar-refractivity contribution in [1.29, 1.82) is 0 Å². The quantitative estimate of drug-likeness (QED) is 0.876. The van der Waals surface area contributed by atoms with E-state index in [0.717, 1.165) is 28.8 Å². The van der Waals surface area contributed by atoms with E-state index in [4.69, 9.17) is 5.73 Å². The molecule has 0 radical (unpaired) electrons. The number of hydrogen-bond donors (Lipinski definition) is 2. The Labute approximate surface area is 126 Å². The first-order valence-corrected chi connectivity index (χ1v) is 7.31. The maximum Gasteiger partial charge on any atom is 0.148 e.